The van der Waals surface area contributed by atoms with E-state index in [9.17, 15) is 9.59 Å². The molecule has 0 radical (unpaired) electrons. The van der Waals surface area contributed by atoms with E-state index in [-0.39, 0.29) is 36.4 Å². The number of quaternary nitrogens is 1. The maximum absolute atomic E-state index is 11.5. The Morgan fingerprint density at radius 1 is 1.14 bits per heavy atom. The molecule has 0 amide bonds. The molecule has 0 fully saturated rings. The first kappa shape index (κ1) is 20.5. The molecule has 1 aliphatic rings. The predicted molar refractivity (Wildman–Crippen MR) is 84.8 cm³/mol. The largest absolute Gasteiger partial charge is 1.00 e. The molecule has 0 N–H and O–H groups in total. The van der Waals surface area contributed by atoms with Crippen molar-refractivity contribution in [2.45, 2.75) is 13.8 Å². The van der Waals surface area contributed by atoms with E-state index in [1.54, 1.807) is 26.2 Å². The summed E-state index contributed by atoms with van der Waals surface area (Å²) in [6.07, 6.45) is 9.56. The summed E-state index contributed by atoms with van der Waals surface area (Å²) < 4.78 is 0.388. The molecule has 22 heavy (non-hydrogen) atoms. The molecule has 6 heteroatoms. The zero-order valence-electron chi connectivity index (χ0n) is 12.7. The van der Waals surface area contributed by atoms with Crippen molar-refractivity contribution in [1.29, 1.82) is 0 Å². The molecule has 120 valence electrons. The Morgan fingerprint density at radius 3 is 2.09 bits per heavy atom. The van der Waals surface area contributed by atoms with Crippen LogP contribution in [0.4, 0.5) is 0 Å². The van der Waals surface area contributed by atoms with Gasteiger partial charge in [-0.3, -0.25) is 19.1 Å². The Morgan fingerprint density at radius 2 is 1.68 bits per heavy atom. The second kappa shape index (κ2) is 8.83. The minimum absolute atomic E-state index is 0. The maximum Gasteiger partial charge on any atom is 0.184 e. The summed E-state index contributed by atoms with van der Waals surface area (Å²) >= 11 is 0. The Balaban J connectivity index is 0.00000220. The van der Waals surface area contributed by atoms with Gasteiger partial charge in [-0.15, -0.1) is 12.4 Å². The van der Waals surface area contributed by atoms with Crippen LogP contribution in [0.15, 0.2) is 42.9 Å². The average molecular weight is 343 g/mol. The van der Waals surface area contributed by atoms with E-state index in [1.807, 2.05) is 24.4 Å². The first-order chi connectivity index (χ1) is 9.51. The summed E-state index contributed by atoms with van der Waals surface area (Å²) in [6.45, 7) is 4.51. The van der Waals surface area contributed by atoms with Crippen molar-refractivity contribution in [3.63, 3.8) is 0 Å². The second-order valence-corrected chi connectivity index (χ2v) is 5.33. The number of allylic oxidation sites excluding steroid dienone is 2. The molecule has 0 saturated carbocycles. The van der Waals surface area contributed by atoms with Crippen LogP contribution >= 0.6 is 12.4 Å². The van der Waals surface area contributed by atoms with E-state index in [4.69, 9.17) is 0 Å². The Kier molecular flexibility index (Phi) is 8.23. The molecule has 0 saturated heterocycles. The van der Waals surface area contributed by atoms with Gasteiger partial charge in [0.15, 0.2) is 11.6 Å². The van der Waals surface area contributed by atoms with E-state index < -0.39 is 0 Å². The van der Waals surface area contributed by atoms with E-state index in [0.717, 1.165) is 11.1 Å². The van der Waals surface area contributed by atoms with Crippen molar-refractivity contribution in [3.8, 4) is 0 Å². The summed E-state index contributed by atoms with van der Waals surface area (Å²) in [5.41, 5.74) is 2.20. The summed E-state index contributed by atoms with van der Waals surface area (Å²) in [6, 6.07) is 3.90. The first-order valence-corrected chi connectivity index (χ1v) is 6.65. The number of aromatic nitrogens is 1. The van der Waals surface area contributed by atoms with Crippen molar-refractivity contribution >= 4 is 29.5 Å². The van der Waals surface area contributed by atoms with Crippen LogP contribution in [0, 0.1) is 0 Å². The third-order valence-corrected chi connectivity index (χ3v) is 3.33. The minimum atomic E-state index is 0. The van der Waals surface area contributed by atoms with Gasteiger partial charge in [-0.05, 0) is 35.4 Å². The molecule has 0 spiro atoms. The minimum Gasteiger partial charge on any atom is -1.00 e. The van der Waals surface area contributed by atoms with Crippen molar-refractivity contribution in [1.82, 2.24) is 4.98 Å². The highest BCUT2D eigenvalue weighted by atomic mass is 35.5. The van der Waals surface area contributed by atoms with Gasteiger partial charge in [0.1, 0.15) is 19.6 Å². The van der Waals surface area contributed by atoms with Crippen LogP contribution < -0.4 is 12.4 Å². The van der Waals surface area contributed by atoms with E-state index in [2.05, 4.69) is 11.1 Å². The molecule has 0 unspecified atom stereocenters. The van der Waals surface area contributed by atoms with Gasteiger partial charge in [-0.1, -0.05) is 0 Å². The van der Waals surface area contributed by atoms with Crippen LogP contribution in [0.1, 0.15) is 19.4 Å². The smallest absolute Gasteiger partial charge is 0.184 e. The van der Waals surface area contributed by atoms with Gasteiger partial charge < -0.3 is 12.4 Å². The zero-order valence-corrected chi connectivity index (χ0v) is 14.2. The number of carbonyl (C=O) groups is 2. The molecule has 1 aromatic rings. The monoisotopic (exact) mass is 342 g/mol. The van der Waals surface area contributed by atoms with Crippen LogP contribution in [-0.4, -0.2) is 40.7 Å². The summed E-state index contributed by atoms with van der Waals surface area (Å²) in [5.74, 6) is 0.188. The van der Waals surface area contributed by atoms with Gasteiger partial charge in [-0.2, -0.15) is 0 Å². The van der Waals surface area contributed by atoms with Crippen LogP contribution in [0.25, 0.3) is 5.57 Å². The Bertz CT molecular complexity index is 567. The normalized spacial score (nSPS) is 15.1. The summed E-state index contributed by atoms with van der Waals surface area (Å²) in [7, 11) is 0. The second-order valence-electron chi connectivity index (χ2n) is 5.33. The molecule has 0 aromatic carbocycles. The SMILES string of the molecule is CC(=O)C[N+]1(CC(C)=O)C=CC(c2ccncc2)=CC1.Cl.[Cl-]. The number of pyridine rings is 1. The maximum atomic E-state index is 11.5. The van der Waals surface area contributed by atoms with Gasteiger partial charge in [0.05, 0.1) is 6.20 Å². The first-order valence-electron chi connectivity index (χ1n) is 6.65. The number of hydrogen-bond donors (Lipinski definition) is 0. The standard InChI is InChI=1S/C16H19N2O2.2ClH/c1-13(19)11-18(12-14(2)20)9-5-16(6-10-18)15-3-7-17-8-4-15;;/h3-9H,10-12H2,1-2H3;2*1H/q+1;;/p-1. The molecule has 0 aliphatic carbocycles. The number of rotatable bonds is 5. The van der Waals surface area contributed by atoms with E-state index >= 15 is 0 Å². The van der Waals surface area contributed by atoms with E-state index in [1.165, 1.54) is 0 Å². The lowest BCUT2D eigenvalue weighted by Crippen LogP contribution is -3.00. The highest BCUT2D eigenvalue weighted by Crippen LogP contribution is 2.23. The fraction of sp³-hybridized carbons (Fsp3) is 0.312. The lowest BCUT2D eigenvalue weighted by molar-refractivity contribution is -0.857. The Hall–Kier alpha value is -1.49. The fourth-order valence-corrected chi connectivity index (χ4v) is 2.58. The third-order valence-electron chi connectivity index (χ3n) is 3.33. The average Bonchev–Trinajstić information content (AvgIpc) is 2.39. The zero-order chi connectivity index (χ0) is 14.6. The van der Waals surface area contributed by atoms with Crippen LogP contribution in [0.3, 0.4) is 0 Å². The number of halogens is 2. The number of nitrogens with zero attached hydrogens (tertiary/aromatic N) is 2. The van der Waals surface area contributed by atoms with Gasteiger partial charge >= 0.3 is 0 Å². The highest BCUT2D eigenvalue weighted by molar-refractivity contribution is 5.85. The predicted octanol–water partition coefficient (Wildman–Crippen LogP) is -0.587. The number of Topliss-reactive ketones (excluding diaryl/α,β-unsaturated/α-hetero) is 2. The fourth-order valence-electron chi connectivity index (χ4n) is 2.58. The van der Waals surface area contributed by atoms with Crippen molar-refractivity contribution in [2.75, 3.05) is 19.6 Å². The topological polar surface area (TPSA) is 47.0 Å². The van der Waals surface area contributed by atoms with Gasteiger partial charge in [-0.25, -0.2) is 0 Å². The summed E-state index contributed by atoms with van der Waals surface area (Å²) in [4.78, 5) is 26.9. The van der Waals surface area contributed by atoms with Gasteiger partial charge in [0.25, 0.3) is 0 Å². The van der Waals surface area contributed by atoms with Crippen molar-refractivity contribution in [3.05, 3.63) is 48.4 Å². The third kappa shape index (κ3) is 5.37. The lowest BCUT2D eigenvalue weighted by Gasteiger charge is -2.34. The molecule has 2 rings (SSSR count). The molecule has 0 atom stereocenters. The van der Waals surface area contributed by atoms with Crippen LogP contribution in [0.2, 0.25) is 0 Å². The lowest BCUT2D eigenvalue weighted by atomic mass is 10.0. The molecule has 1 aromatic heterocycles. The van der Waals surface area contributed by atoms with E-state index in [0.29, 0.717) is 24.1 Å². The molecule has 1 aliphatic heterocycles. The molecular weight excluding hydrogens is 323 g/mol. The number of hydrogen-bond acceptors (Lipinski definition) is 3. The molecule has 0 bridgehead atoms. The van der Waals surface area contributed by atoms with Crippen molar-refractivity contribution in [2.24, 2.45) is 0 Å². The van der Waals surface area contributed by atoms with Gasteiger partial charge in [0, 0.05) is 26.2 Å². The highest BCUT2D eigenvalue weighted by Gasteiger charge is 2.29. The number of ketones is 2. The number of carbonyl (C=O) groups excluding carboxylic acids is 2. The molecule has 2 heterocycles. The van der Waals surface area contributed by atoms with Crippen LogP contribution in [-0.2, 0) is 9.59 Å². The van der Waals surface area contributed by atoms with Crippen LogP contribution in [0.5, 0.6) is 0 Å². The molecule has 4 nitrogen and oxygen atoms in total. The van der Waals surface area contributed by atoms with Gasteiger partial charge in [0.2, 0.25) is 0 Å². The summed E-state index contributed by atoms with van der Waals surface area (Å²) in [5, 5.41) is 0. The van der Waals surface area contributed by atoms with Crippen molar-refractivity contribution < 1.29 is 26.5 Å². The molecular formula is C16H20Cl2N2O2. The Labute approximate surface area is 143 Å². The quantitative estimate of drug-likeness (QED) is 0.672.